The summed E-state index contributed by atoms with van der Waals surface area (Å²) in [5.74, 6) is -0.402. The molecule has 6 N–H and O–H groups in total. The molecule has 3 aliphatic heterocycles. The second-order valence-corrected chi connectivity index (χ2v) is 47.0. The van der Waals surface area contributed by atoms with E-state index in [4.69, 9.17) is 31.2 Å². The van der Waals surface area contributed by atoms with Crippen LogP contribution in [0.15, 0.2) is 169 Å². The number of nitrogens with zero attached hydrogens (tertiary/aromatic N) is 5. The number of fused-ring (bicyclic) bond motifs is 11. The van der Waals surface area contributed by atoms with Crippen molar-refractivity contribution in [2.24, 2.45) is 16.2 Å². The van der Waals surface area contributed by atoms with E-state index in [1.807, 2.05) is 50.4 Å². The predicted octanol–water partition coefficient (Wildman–Crippen LogP) is 20.4. The third kappa shape index (κ3) is 35.0. The number of anilines is 2. The molecule has 24 nitrogen and oxygen atoms in total. The van der Waals surface area contributed by atoms with Crippen molar-refractivity contribution in [1.82, 2.24) is 9.55 Å². The Kier molecular flexibility index (Phi) is 48.5. The Labute approximate surface area is 835 Å². The number of H-pyrrole nitrogens is 1. The molecule has 2 saturated carbocycles. The molecule has 0 amide bonds. The van der Waals surface area contributed by atoms with Gasteiger partial charge in [-0.25, -0.2) is 8.42 Å². The van der Waals surface area contributed by atoms with Crippen LogP contribution in [0.4, 0.5) is 17.1 Å². The Morgan fingerprint density at radius 2 is 0.919 bits per heavy atom. The number of Topliss-reactive ketones (excluding diaryl/α,β-unsaturated/α-hetero) is 1. The van der Waals surface area contributed by atoms with Gasteiger partial charge in [-0.05, 0) is 207 Å². The Balaban J connectivity index is 0.000000411. The summed E-state index contributed by atoms with van der Waals surface area (Å²) in [7, 11) is -20.4. The zero-order valence-electron chi connectivity index (χ0n) is 83.4. The molecule has 5 heterocycles. The molecule has 7 aromatic rings. The first-order valence-electron chi connectivity index (χ1n) is 47.3. The van der Waals surface area contributed by atoms with E-state index in [-0.39, 0.29) is 112 Å². The molecule has 5 atom stereocenters. The zero-order chi connectivity index (χ0) is 98.9. The summed E-state index contributed by atoms with van der Waals surface area (Å²) in [4.78, 5) is 30.5. The number of benzene rings is 5. The number of allylic oxidation sites excluding steroid dienone is 4. The molecule has 0 spiro atoms. The summed E-state index contributed by atoms with van der Waals surface area (Å²) >= 11 is 0. The first-order chi connectivity index (χ1) is 61.4. The molecule has 2 fully saturated rings. The molecule has 0 radical (unpaired) electrons. The van der Waals surface area contributed by atoms with E-state index < -0.39 is 50.9 Å². The molecular formula is C105H165N6NaO18S5+2. The Bertz CT molecular complexity index is 5540. The average Bonchev–Trinajstić information content (AvgIpc) is 1.56. The van der Waals surface area contributed by atoms with Crippen molar-refractivity contribution < 1.29 is 118 Å². The van der Waals surface area contributed by atoms with E-state index >= 15 is 0 Å². The van der Waals surface area contributed by atoms with E-state index in [0.717, 1.165) is 68.5 Å². The van der Waals surface area contributed by atoms with Crippen LogP contribution in [0.1, 0.15) is 295 Å². The summed E-state index contributed by atoms with van der Waals surface area (Å²) in [5.41, 5.74) is 17.6. The minimum absolute atomic E-state index is 0. The maximum atomic E-state index is 12.4. The third-order valence-electron chi connectivity index (χ3n) is 28.1. The topological polar surface area (TPSA) is 359 Å². The summed E-state index contributed by atoms with van der Waals surface area (Å²) in [6.45, 7) is 54.7. The smallest absolute Gasteiger partial charge is 0.748 e. The number of hydrogen-bond donors (Lipinski definition) is 6. The van der Waals surface area contributed by atoms with Gasteiger partial charge in [0.2, 0.25) is 5.69 Å². The fraction of sp³-hybridized carbons (Fsp3) is 0.590. The maximum Gasteiger partial charge on any atom is 1.00 e. The number of aryl methyl sites for hydroxylation is 3. The Morgan fingerprint density at radius 1 is 0.511 bits per heavy atom. The number of carbonyl (C=O) groups excluding carboxylic acids is 2. The van der Waals surface area contributed by atoms with Crippen LogP contribution < -0.4 is 39.4 Å². The van der Waals surface area contributed by atoms with Crippen LogP contribution in [-0.2, 0) is 83.3 Å². The van der Waals surface area contributed by atoms with Crippen molar-refractivity contribution in [3.63, 3.8) is 0 Å². The van der Waals surface area contributed by atoms with Crippen molar-refractivity contribution in [2.75, 3.05) is 78.6 Å². The standard InChI is InChI=1S/C20H29NO3S.C20H27NO3S.C19H27NO4S.C16H36N.C13H17NO3S.C9H9N.C6H10O.2CH4.Na.H2O4S/c2*1-15-13-18-20(4,19(2,3)14-15)16-9-5-6-10-17(16)21(18)11-7-8-12-25(22,23)24;1-18(2)13-14(21)12-17-19(18,3)15-8-4-5-9-16(15)20(17)10-6-7-11-25(22,23)24;1-5-9-13-17(14-10-6-2,15-11-7-3)16-12-8-4;1-11-10-14(8-4-5-9-18(15,16)17)13-7-3-2-6-12(11)13;1-7-6-10-9-5-3-2-4-8(7)9;1-5(2)4-6(3)7;;;;1-5(2,3)4/h5-6,9-10,18H,1,7-8,11-14H2,2-4H3,(H,22,23,24);5-6,9-10,13H,7-8,11-12,14H2,1-4H3;4-5,8-9,17H,6-7,10-13H2,1-3H3,(H,22,23,24);5-16H2,1-4H3;2-3,6-7,10H,4-5,8-9H2,1H3,(H,15,16,17);2-6,10H,1H3;4H,1-3H3;2*1H4;;(H2,1,2,3,4)/q;;;+1;;;;;;+1;. The molecular weight excluding hydrogens is 1820 g/mol. The summed E-state index contributed by atoms with van der Waals surface area (Å²) < 4.78 is 161. The number of nitrogens with one attached hydrogen (secondary N) is 1. The van der Waals surface area contributed by atoms with Crippen LogP contribution in [0.25, 0.3) is 21.8 Å². The minimum atomic E-state index is -4.67. The van der Waals surface area contributed by atoms with Crippen molar-refractivity contribution in [1.29, 1.82) is 0 Å². The van der Waals surface area contributed by atoms with Gasteiger partial charge >= 0.3 is 40.0 Å². The molecule has 13 rings (SSSR count). The predicted molar refractivity (Wildman–Crippen MR) is 553 cm³/mol. The van der Waals surface area contributed by atoms with Crippen LogP contribution in [0, 0.1) is 30.1 Å². The van der Waals surface area contributed by atoms with Gasteiger partial charge in [0, 0.05) is 131 Å². The van der Waals surface area contributed by atoms with Gasteiger partial charge in [-0.2, -0.15) is 38.2 Å². The number of ketones is 2. The van der Waals surface area contributed by atoms with Crippen LogP contribution in [0.2, 0.25) is 0 Å². The van der Waals surface area contributed by atoms with Gasteiger partial charge in [0.15, 0.2) is 11.5 Å². The van der Waals surface area contributed by atoms with Crippen molar-refractivity contribution in [2.45, 2.75) is 316 Å². The molecule has 3 aliphatic carbocycles. The fourth-order valence-corrected chi connectivity index (χ4v) is 23.0. The van der Waals surface area contributed by atoms with Gasteiger partial charge in [0.05, 0.1) is 59.0 Å². The number of rotatable bonds is 33. The van der Waals surface area contributed by atoms with E-state index in [2.05, 4.69) is 245 Å². The van der Waals surface area contributed by atoms with Crippen molar-refractivity contribution in [3.05, 3.63) is 197 Å². The number of aromatic amines is 1. The molecule has 6 aliphatic rings. The zero-order valence-corrected chi connectivity index (χ0v) is 89.5. The monoisotopic (exact) mass is 1980 g/mol. The van der Waals surface area contributed by atoms with Gasteiger partial charge < -0.3 is 28.4 Å². The number of unbranched alkanes of at least 4 members (excludes halogenated alkanes) is 8. The summed E-state index contributed by atoms with van der Waals surface area (Å²) in [5, 5.41) is 2.54. The Hall–Kier alpha value is -6.52. The van der Waals surface area contributed by atoms with E-state index in [0.29, 0.717) is 69.7 Å². The first kappa shape index (κ1) is 123. The molecule has 0 saturated heterocycles. The van der Waals surface area contributed by atoms with Gasteiger partial charge in [0.25, 0.3) is 30.4 Å². The van der Waals surface area contributed by atoms with Crippen LogP contribution in [0.3, 0.4) is 0 Å². The van der Waals surface area contributed by atoms with Gasteiger partial charge in [-0.3, -0.25) is 32.4 Å². The van der Waals surface area contributed by atoms with Crippen molar-refractivity contribution >= 4 is 107 Å². The van der Waals surface area contributed by atoms with E-state index in [9.17, 15) is 47.8 Å². The molecule has 135 heavy (non-hydrogen) atoms. The number of hydrogen-bond acceptors (Lipinski definition) is 15. The average molecular weight is 1980 g/mol. The molecule has 752 valence electrons. The fourth-order valence-electron chi connectivity index (χ4n) is 20.7. The maximum absolute atomic E-state index is 12.4. The second-order valence-electron chi connectivity index (χ2n) is 39.8. The van der Waals surface area contributed by atoms with Crippen LogP contribution >= 0.6 is 0 Å². The molecule has 30 heteroatoms. The first-order valence-corrected chi connectivity index (χ1v) is 55.1. The largest absolute Gasteiger partial charge is 1.00 e. The quantitative estimate of drug-likeness (QED) is 0.00423. The normalized spacial score (nSPS) is 19.7. The van der Waals surface area contributed by atoms with Crippen molar-refractivity contribution in [3.8, 4) is 0 Å². The number of para-hydroxylation sites is 5. The van der Waals surface area contributed by atoms with Gasteiger partial charge in [-0.15, -0.1) is 0 Å². The molecule has 0 bridgehead atoms. The van der Waals surface area contributed by atoms with Crippen LogP contribution in [0.5, 0.6) is 0 Å². The van der Waals surface area contributed by atoms with Crippen LogP contribution in [-0.4, -0.2) is 186 Å². The van der Waals surface area contributed by atoms with E-state index in [1.165, 1.54) is 154 Å². The Morgan fingerprint density at radius 3 is 1.36 bits per heavy atom. The minimum Gasteiger partial charge on any atom is -0.748 e. The number of carbonyl (C=O) groups is 2. The molecule has 2 aromatic heterocycles. The SMILES string of the molecule is C.C.C=C1CC2N(CCCCS(=O)(=O)O)c3ccccc3C2(C)C(C)(C)C1.CC(=O)C=C(C)C.CC1(C)CC(=O)CC2N(CCCCS(=O)(=O)O)c3ccccc3C21C.CC1=CC2=[N+](CCCCS(=O)(=O)O)c3ccccc3C2(C)C(C)(C)C1.CCCC[N+](CCCC)(CCCC)CCCC.Cc1c[nH]c2ccccc12.Cc1cn(CCCCS(=O)(=O)[O-])c2ccccc12.O=S(=O)(O)O.[Na+]. The number of quaternary nitrogens is 1. The number of aromatic nitrogens is 2. The molecule has 5 aromatic carbocycles. The third-order valence-corrected chi connectivity index (χ3v) is 31.3. The molecule has 5 unspecified atom stereocenters. The van der Waals surface area contributed by atoms with Gasteiger partial charge in [0.1, 0.15) is 12.3 Å². The van der Waals surface area contributed by atoms with E-state index in [1.54, 1.807) is 13.0 Å². The summed E-state index contributed by atoms with van der Waals surface area (Å²) in [6.07, 6.45) is 27.9. The summed E-state index contributed by atoms with van der Waals surface area (Å²) in [6, 6.07) is 42.4. The second kappa shape index (κ2) is 53.4. The van der Waals surface area contributed by atoms with Gasteiger partial charge in [-0.1, -0.05) is 238 Å².